The molecule has 0 heterocycles. The molecule has 3 aromatic carbocycles. The van der Waals surface area contributed by atoms with Gasteiger partial charge in [0.2, 0.25) is 10.0 Å². The van der Waals surface area contributed by atoms with E-state index in [9.17, 15) is 28.2 Å². The van der Waals surface area contributed by atoms with Gasteiger partial charge < -0.3 is 20.2 Å². The first-order valence-corrected chi connectivity index (χ1v) is 15.8. The molecule has 3 aromatic rings. The van der Waals surface area contributed by atoms with Gasteiger partial charge in [0.25, 0.3) is 5.91 Å². The number of carbonyl (C=O) groups excluding carboxylic acids is 1. The molecule has 2 amide bonds. The fourth-order valence-corrected chi connectivity index (χ4v) is 6.12. The summed E-state index contributed by atoms with van der Waals surface area (Å²) in [4.78, 5) is 26.4. The molecule has 0 aliphatic carbocycles. The first-order valence-electron chi connectivity index (χ1n) is 13.3. The highest BCUT2D eigenvalue weighted by Gasteiger charge is 2.20. The van der Waals surface area contributed by atoms with E-state index in [-0.39, 0.29) is 42.7 Å². The molecule has 1 atom stereocenters. The van der Waals surface area contributed by atoms with Crippen molar-refractivity contribution in [1.29, 1.82) is 0 Å². The minimum Gasteiger partial charge on any atom is -0.465 e. The molecule has 0 bridgehead atoms. The molecular formula is C30H36N2O7S2. The summed E-state index contributed by atoms with van der Waals surface area (Å²) in [5.74, 6) is -1.06. The molecular weight excluding hydrogens is 564 g/mol. The van der Waals surface area contributed by atoms with E-state index in [4.69, 9.17) is 5.11 Å². The van der Waals surface area contributed by atoms with Gasteiger partial charge in [-0.15, -0.1) is 11.8 Å². The lowest BCUT2D eigenvalue weighted by atomic mass is 10.0. The Morgan fingerprint density at radius 1 is 0.976 bits per heavy atom. The molecule has 4 N–H and O–H groups in total. The molecule has 220 valence electrons. The van der Waals surface area contributed by atoms with Gasteiger partial charge in [0, 0.05) is 23.3 Å². The molecule has 0 saturated carbocycles. The molecule has 0 spiro atoms. The molecule has 0 unspecified atom stereocenters. The molecule has 0 radical (unpaired) electrons. The summed E-state index contributed by atoms with van der Waals surface area (Å²) in [5.41, 5.74) is 3.57. The van der Waals surface area contributed by atoms with Crippen LogP contribution in [0.5, 0.6) is 0 Å². The van der Waals surface area contributed by atoms with Crippen molar-refractivity contribution >= 4 is 33.8 Å². The quantitative estimate of drug-likeness (QED) is 0.197. The highest BCUT2D eigenvalue weighted by atomic mass is 32.2. The van der Waals surface area contributed by atoms with Crippen LogP contribution < -0.4 is 4.72 Å². The zero-order valence-electron chi connectivity index (χ0n) is 23.1. The van der Waals surface area contributed by atoms with Crippen LogP contribution in [0, 0.1) is 0 Å². The Hall–Kier alpha value is -3.38. The van der Waals surface area contributed by atoms with E-state index in [2.05, 4.69) is 4.72 Å². The monoisotopic (exact) mass is 600 g/mol. The number of nitrogens with one attached hydrogen (secondary N) is 1. The average Bonchev–Trinajstić information content (AvgIpc) is 2.94. The third-order valence-corrected chi connectivity index (χ3v) is 8.60. The number of aliphatic hydroxyl groups excluding tert-OH is 2. The Kier molecular flexibility index (Phi) is 11.8. The second-order valence-corrected chi connectivity index (χ2v) is 13.3. The Bertz CT molecular complexity index is 1410. The highest BCUT2D eigenvalue weighted by Crippen LogP contribution is 2.32. The molecule has 3 rings (SSSR count). The van der Waals surface area contributed by atoms with Crippen LogP contribution in [0.15, 0.2) is 77.7 Å². The lowest BCUT2D eigenvalue weighted by molar-refractivity contribution is 0.0971. The number of sulfonamides is 1. The average molecular weight is 601 g/mol. The van der Waals surface area contributed by atoms with Crippen LogP contribution in [0.2, 0.25) is 0 Å². The smallest absolute Gasteiger partial charge is 0.407 e. The third kappa shape index (κ3) is 9.89. The van der Waals surface area contributed by atoms with Gasteiger partial charge >= 0.3 is 6.09 Å². The van der Waals surface area contributed by atoms with Crippen molar-refractivity contribution in [1.82, 2.24) is 9.62 Å². The molecule has 0 fully saturated rings. The number of nitrogens with zero attached hydrogens (tertiary/aromatic N) is 1. The zero-order chi connectivity index (χ0) is 30.0. The topological polar surface area (TPSA) is 144 Å². The maximum absolute atomic E-state index is 12.8. The van der Waals surface area contributed by atoms with Gasteiger partial charge in [0.15, 0.2) is 0 Å². The second-order valence-electron chi connectivity index (χ2n) is 9.81. The molecule has 0 saturated heterocycles. The van der Waals surface area contributed by atoms with E-state index in [1.165, 1.54) is 16.7 Å². The molecule has 0 aliphatic rings. The Morgan fingerprint density at radius 3 is 2.24 bits per heavy atom. The van der Waals surface area contributed by atoms with E-state index in [1.807, 2.05) is 50.2 Å². The highest BCUT2D eigenvalue weighted by molar-refractivity contribution is 8.00. The third-order valence-electron chi connectivity index (χ3n) is 6.21. The van der Waals surface area contributed by atoms with Crippen molar-refractivity contribution in [3.63, 3.8) is 0 Å². The summed E-state index contributed by atoms with van der Waals surface area (Å²) in [6.45, 7) is 3.86. The van der Waals surface area contributed by atoms with Gasteiger partial charge in [-0.2, -0.15) is 0 Å². The SMILES string of the molecule is CC(C)Sc1cc(-c2ccc(CCN(C[C@H](O)c3ccccc3)C(=O)O)cc2)ccc1C(=O)NS(=O)(=O)CCCO. The van der Waals surface area contributed by atoms with Gasteiger partial charge in [-0.1, -0.05) is 74.5 Å². The molecule has 11 heteroatoms. The number of benzene rings is 3. The van der Waals surface area contributed by atoms with E-state index in [0.717, 1.165) is 16.7 Å². The second kappa shape index (κ2) is 15.0. The summed E-state index contributed by atoms with van der Waals surface area (Å²) < 4.78 is 26.4. The van der Waals surface area contributed by atoms with Crippen molar-refractivity contribution in [3.05, 3.63) is 89.5 Å². The standard InChI is InChI=1S/C30H36N2O7S2/c1-21(2)40-28-19-25(13-14-26(28)29(35)31-41(38,39)18-6-17-33)23-11-9-22(10-12-23)15-16-32(30(36)37)20-27(34)24-7-4-3-5-8-24/h3-5,7-14,19,21,27,33-34H,6,15-18,20H2,1-2H3,(H,31,35)(H,36,37)/t27-/m0/s1. The molecule has 41 heavy (non-hydrogen) atoms. The fraction of sp³-hybridized carbons (Fsp3) is 0.333. The molecule has 0 aromatic heterocycles. The minimum atomic E-state index is -3.86. The Balaban J connectivity index is 1.71. The predicted molar refractivity (Wildman–Crippen MR) is 161 cm³/mol. The summed E-state index contributed by atoms with van der Waals surface area (Å²) in [6.07, 6.45) is -1.52. The number of carbonyl (C=O) groups is 2. The van der Waals surface area contributed by atoms with Gasteiger partial charge in [0.1, 0.15) is 0 Å². The van der Waals surface area contributed by atoms with Crippen molar-refractivity contribution in [3.8, 4) is 11.1 Å². The van der Waals surface area contributed by atoms with Crippen LogP contribution in [0.25, 0.3) is 11.1 Å². The van der Waals surface area contributed by atoms with Crippen LogP contribution >= 0.6 is 11.8 Å². The minimum absolute atomic E-state index is 0.0314. The first-order chi connectivity index (χ1) is 19.5. The summed E-state index contributed by atoms with van der Waals surface area (Å²) in [6, 6.07) is 21.8. The number of aliphatic hydroxyl groups is 2. The van der Waals surface area contributed by atoms with Gasteiger partial charge in [0.05, 0.1) is 24.0 Å². The normalized spacial score (nSPS) is 12.2. The first kappa shape index (κ1) is 32.1. The lowest BCUT2D eigenvalue weighted by Gasteiger charge is -2.22. The fourth-order valence-electron chi connectivity index (χ4n) is 4.13. The van der Waals surface area contributed by atoms with Crippen LogP contribution in [-0.4, -0.2) is 71.3 Å². The van der Waals surface area contributed by atoms with E-state index in [1.54, 1.807) is 36.4 Å². The van der Waals surface area contributed by atoms with Crippen molar-refractivity contribution < 1.29 is 33.3 Å². The molecule has 0 aliphatic heterocycles. The van der Waals surface area contributed by atoms with Crippen LogP contribution in [0.4, 0.5) is 4.79 Å². The Labute approximate surface area is 245 Å². The van der Waals surface area contributed by atoms with Crippen LogP contribution in [0.3, 0.4) is 0 Å². The van der Waals surface area contributed by atoms with E-state index in [0.29, 0.717) is 16.9 Å². The zero-order valence-corrected chi connectivity index (χ0v) is 24.7. The van der Waals surface area contributed by atoms with Gasteiger partial charge in [-0.05, 0) is 47.2 Å². The maximum Gasteiger partial charge on any atom is 0.407 e. The number of amides is 2. The molecule has 9 nitrogen and oxygen atoms in total. The predicted octanol–water partition coefficient (Wildman–Crippen LogP) is 4.55. The lowest BCUT2D eigenvalue weighted by Crippen LogP contribution is -2.35. The van der Waals surface area contributed by atoms with Crippen LogP contribution in [0.1, 0.15) is 47.9 Å². The van der Waals surface area contributed by atoms with Crippen molar-refractivity contribution in [2.45, 2.75) is 42.9 Å². The summed E-state index contributed by atoms with van der Waals surface area (Å²) in [7, 11) is -3.86. The van der Waals surface area contributed by atoms with E-state index >= 15 is 0 Å². The summed E-state index contributed by atoms with van der Waals surface area (Å²) >= 11 is 1.45. The Morgan fingerprint density at radius 2 is 1.63 bits per heavy atom. The number of thioether (sulfide) groups is 1. The maximum atomic E-state index is 12.8. The van der Waals surface area contributed by atoms with Crippen molar-refractivity contribution in [2.75, 3.05) is 25.4 Å². The number of rotatable bonds is 14. The van der Waals surface area contributed by atoms with Crippen molar-refractivity contribution in [2.24, 2.45) is 0 Å². The largest absolute Gasteiger partial charge is 0.465 e. The number of carboxylic acid groups (broad SMARTS) is 1. The van der Waals surface area contributed by atoms with Gasteiger partial charge in [-0.25, -0.2) is 17.9 Å². The number of hydrogen-bond donors (Lipinski definition) is 4. The number of hydrogen-bond acceptors (Lipinski definition) is 7. The van der Waals surface area contributed by atoms with Crippen LogP contribution in [-0.2, 0) is 16.4 Å². The van der Waals surface area contributed by atoms with E-state index < -0.39 is 28.1 Å². The van der Waals surface area contributed by atoms with Gasteiger partial charge in [-0.3, -0.25) is 4.79 Å². The summed E-state index contributed by atoms with van der Waals surface area (Å²) in [5, 5.41) is 29.1.